The van der Waals surface area contributed by atoms with Crippen LogP contribution in [0.1, 0.15) is 122 Å². The van der Waals surface area contributed by atoms with Crippen LogP contribution in [0.3, 0.4) is 0 Å². The lowest BCUT2D eigenvalue weighted by atomic mass is 10.0. The maximum atomic E-state index is 12.5. The predicted molar refractivity (Wildman–Crippen MR) is 153 cm³/mol. The van der Waals surface area contributed by atoms with Gasteiger partial charge in [-0.1, -0.05) is 97.3 Å². The molecule has 0 aliphatic carbocycles. The summed E-state index contributed by atoms with van der Waals surface area (Å²) in [6.07, 6.45) is 17.7. The van der Waals surface area contributed by atoms with Crippen molar-refractivity contribution < 1.29 is 23.8 Å². The van der Waals surface area contributed by atoms with Crippen LogP contribution in [0.2, 0.25) is 0 Å². The first-order valence-electron chi connectivity index (χ1n) is 14.0. The minimum Gasteiger partial charge on any atom is -0.383 e. The average molecular weight is 611 g/mol. The number of unbranched alkanes of at least 4 members (excludes halogenated alkanes) is 13. The van der Waals surface area contributed by atoms with Gasteiger partial charge in [-0.3, -0.25) is 9.13 Å². The second kappa shape index (κ2) is 20.2. The molecule has 1 aromatic rings. The van der Waals surface area contributed by atoms with Gasteiger partial charge in [-0.2, -0.15) is 4.98 Å². The Hall–Kier alpha value is -0.770. The zero-order chi connectivity index (χ0) is 27.5. The highest BCUT2D eigenvalue weighted by Crippen LogP contribution is 2.34. The van der Waals surface area contributed by atoms with Gasteiger partial charge in [0.05, 0.1) is 29.4 Å². The van der Waals surface area contributed by atoms with Gasteiger partial charge in [0.25, 0.3) is 0 Å². The van der Waals surface area contributed by atoms with Crippen LogP contribution in [0.15, 0.2) is 9.27 Å². The molecular weight excluding hydrogens is 561 g/mol. The highest BCUT2D eigenvalue weighted by Gasteiger charge is 2.22. The number of hydrogen-bond donors (Lipinski definition) is 3. The molecule has 11 heteroatoms. The van der Waals surface area contributed by atoms with Gasteiger partial charge in [0.1, 0.15) is 12.2 Å². The molecule has 0 aliphatic heterocycles. The molecule has 0 aromatic carbocycles. The zero-order valence-corrected chi connectivity index (χ0v) is 25.3. The molecule has 1 rings (SSSR count). The van der Waals surface area contributed by atoms with Gasteiger partial charge < -0.3 is 25.0 Å². The Morgan fingerprint density at radius 3 is 1.92 bits per heavy atom. The molecule has 0 amide bonds. The molecule has 9 nitrogen and oxygen atoms in total. The van der Waals surface area contributed by atoms with E-state index in [0.717, 1.165) is 12.8 Å². The van der Waals surface area contributed by atoms with Crippen molar-refractivity contribution in [3.05, 3.63) is 20.7 Å². The van der Waals surface area contributed by atoms with Crippen molar-refractivity contribution in [2.75, 3.05) is 25.3 Å². The van der Waals surface area contributed by atoms with E-state index < -0.39 is 19.6 Å². The van der Waals surface area contributed by atoms with E-state index in [0.29, 0.717) is 23.2 Å². The molecule has 1 unspecified atom stereocenters. The summed E-state index contributed by atoms with van der Waals surface area (Å²) in [6, 6.07) is 0. The standard InChI is InChI=1S/C26H49BrN3O6P/c1-3-5-6-7-8-9-10-11-12-13-14-15-16-17-19-36-22(4-2)24-23(27)25(28)29-26(31)30(24)18-20-35-21-37(32,33)34/h22H,3-21H2,1-2H3,(H2,28,29,31)(H2,32,33,34). The summed E-state index contributed by atoms with van der Waals surface area (Å²) in [5.41, 5.74) is 5.95. The Morgan fingerprint density at radius 1 is 0.919 bits per heavy atom. The number of hydrogen-bond acceptors (Lipinski definition) is 6. The summed E-state index contributed by atoms with van der Waals surface area (Å²) in [5.74, 6) is 0.0888. The third kappa shape index (κ3) is 15.4. The lowest BCUT2D eigenvalue weighted by Gasteiger charge is -2.23. The van der Waals surface area contributed by atoms with Crippen molar-refractivity contribution in [1.82, 2.24) is 9.55 Å². The summed E-state index contributed by atoms with van der Waals surface area (Å²) < 4.78 is 24.1. The second-order valence-corrected chi connectivity index (χ2v) is 12.1. The van der Waals surface area contributed by atoms with Crippen LogP contribution in [0.5, 0.6) is 0 Å². The number of nitrogen functional groups attached to an aromatic ring is 1. The molecule has 0 bridgehead atoms. The minimum atomic E-state index is -4.27. The molecular formula is C26H49BrN3O6P. The molecule has 0 spiro atoms. The van der Waals surface area contributed by atoms with E-state index in [1.165, 1.54) is 81.6 Å². The van der Waals surface area contributed by atoms with Gasteiger partial charge in [-0.05, 0) is 28.8 Å². The van der Waals surface area contributed by atoms with Crippen LogP contribution in [0.25, 0.3) is 0 Å². The number of rotatable bonds is 23. The van der Waals surface area contributed by atoms with Crippen LogP contribution in [0, 0.1) is 0 Å². The smallest absolute Gasteiger partial charge is 0.350 e. The minimum absolute atomic E-state index is 0.0502. The second-order valence-electron chi connectivity index (χ2n) is 9.70. The Balaban J connectivity index is 2.36. The maximum absolute atomic E-state index is 12.5. The molecule has 1 atom stereocenters. The first-order chi connectivity index (χ1) is 17.7. The largest absolute Gasteiger partial charge is 0.383 e. The number of ether oxygens (including phenoxy) is 2. The fourth-order valence-electron chi connectivity index (χ4n) is 4.35. The van der Waals surface area contributed by atoms with E-state index in [9.17, 15) is 9.36 Å². The van der Waals surface area contributed by atoms with Crippen molar-refractivity contribution in [3.8, 4) is 0 Å². The molecule has 1 aromatic heterocycles. The molecule has 216 valence electrons. The summed E-state index contributed by atoms with van der Waals surface area (Å²) in [6.45, 7) is 4.84. The number of nitrogens with zero attached hydrogens (tertiary/aromatic N) is 2. The highest BCUT2D eigenvalue weighted by molar-refractivity contribution is 9.10. The molecule has 0 aliphatic rings. The topological polar surface area (TPSA) is 137 Å². The summed E-state index contributed by atoms with van der Waals surface area (Å²) >= 11 is 3.44. The van der Waals surface area contributed by atoms with Gasteiger partial charge in [0.15, 0.2) is 0 Å². The van der Waals surface area contributed by atoms with Crippen LogP contribution in [-0.2, 0) is 20.6 Å². The summed E-state index contributed by atoms with van der Waals surface area (Å²) in [5, 5.41) is 0. The van der Waals surface area contributed by atoms with Crippen LogP contribution < -0.4 is 11.4 Å². The third-order valence-corrected chi connectivity index (χ3v) is 7.73. The van der Waals surface area contributed by atoms with Crippen molar-refractivity contribution in [1.29, 1.82) is 0 Å². The van der Waals surface area contributed by atoms with Crippen LogP contribution in [-0.4, -0.2) is 38.9 Å². The number of aromatic nitrogens is 2. The Kier molecular flexibility index (Phi) is 18.7. The van der Waals surface area contributed by atoms with Gasteiger partial charge in [0, 0.05) is 6.61 Å². The molecule has 37 heavy (non-hydrogen) atoms. The van der Waals surface area contributed by atoms with Gasteiger partial charge in [-0.25, -0.2) is 4.79 Å². The van der Waals surface area contributed by atoms with Crippen molar-refractivity contribution in [2.45, 2.75) is 123 Å². The van der Waals surface area contributed by atoms with Crippen molar-refractivity contribution in [2.24, 2.45) is 0 Å². The third-order valence-electron chi connectivity index (χ3n) is 6.40. The fraction of sp³-hybridized carbons (Fsp3) is 0.846. The molecule has 0 fully saturated rings. The van der Waals surface area contributed by atoms with Crippen LogP contribution in [0.4, 0.5) is 5.82 Å². The Morgan fingerprint density at radius 2 is 1.43 bits per heavy atom. The lowest BCUT2D eigenvalue weighted by Crippen LogP contribution is -2.31. The maximum Gasteiger partial charge on any atom is 0.350 e. The van der Waals surface area contributed by atoms with Gasteiger partial charge in [0.2, 0.25) is 0 Å². The van der Waals surface area contributed by atoms with Crippen molar-refractivity contribution in [3.63, 3.8) is 0 Å². The SMILES string of the molecule is CCCCCCCCCCCCCCCCOC(CC)c1c(Br)c(N)nc(=O)n1CCOCP(=O)(O)O. The monoisotopic (exact) mass is 609 g/mol. The van der Waals surface area contributed by atoms with Crippen LogP contribution >= 0.6 is 23.5 Å². The van der Waals surface area contributed by atoms with E-state index in [1.54, 1.807) is 0 Å². The lowest BCUT2D eigenvalue weighted by molar-refractivity contribution is 0.0393. The summed E-state index contributed by atoms with van der Waals surface area (Å²) in [7, 11) is -4.27. The zero-order valence-electron chi connectivity index (χ0n) is 22.8. The van der Waals surface area contributed by atoms with E-state index in [2.05, 4.69) is 27.8 Å². The van der Waals surface area contributed by atoms with E-state index in [1.807, 2.05) is 6.92 Å². The summed E-state index contributed by atoms with van der Waals surface area (Å²) in [4.78, 5) is 34.3. The van der Waals surface area contributed by atoms with Gasteiger partial charge in [-0.15, -0.1) is 0 Å². The number of nitrogens with two attached hydrogens (primary N) is 1. The Bertz CT molecular complexity index is 848. The van der Waals surface area contributed by atoms with E-state index in [4.69, 9.17) is 25.0 Å². The van der Waals surface area contributed by atoms with Crippen molar-refractivity contribution >= 4 is 29.3 Å². The normalized spacial score (nSPS) is 12.8. The molecule has 0 saturated heterocycles. The average Bonchev–Trinajstić information content (AvgIpc) is 2.84. The predicted octanol–water partition coefficient (Wildman–Crippen LogP) is 6.69. The molecule has 0 saturated carbocycles. The quantitative estimate of drug-likeness (QED) is 0.0921. The highest BCUT2D eigenvalue weighted by atomic mass is 79.9. The fourth-order valence-corrected chi connectivity index (χ4v) is 5.27. The molecule has 4 N–H and O–H groups in total. The number of anilines is 1. The first kappa shape index (κ1) is 34.3. The number of halogens is 1. The Labute approximate surface area is 231 Å². The first-order valence-corrected chi connectivity index (χ1v) is 16.6. The van der Waals surface area contributed by atoms with E-state index >= 15 is 0 Å². The molecule has 1 heterocycles. The van der Waals surface area contributed by atoms with Gasteiger partial charge >= 0.3 is 13.3 Å². The van der Waals surface area contributed by atoms with E-state index in [-0.39, 0.29) is 25.1 Å². The molecule has 0 radical (unpaired) electrons.